The van der Waals surface area contributed by atoms with Crippen molar-refractivity contribution in [1.29, 1.82) is 0 Å². The molecule has 0 saturated carbocycles. The molecule has 3 rings (SSSR count). The number of hydrogen-bond donors (Lipinski definition) is 1. The van der Waals surface area contributed by atoms with Crippen LogP contribution in [0.25, 0.3) is 10.8 Å². The molecular weight excluding hydrogens is 347 g/mol. The van der Waals surface area contributed by atoms with Crippen LogP contribution in [0.15, 0.2) is 36.4 Å². The highest BCUT2D eigenvalue weighted by atomic mass is 19.2. The van der Waals surface area contributed by atoms with Crippen LogP contribution < -0.4 is 5.32 Å². The van der Waals surface area contributed by atoms with Gasteiger partial charge in [0.1, 0.15) is 5.69 Å². The van der Waals surface area contributed by atoms with E-state index in [9.17, 15) is 32.1 Å². The van der Waals surface area contributed by atoms with Crippen molar-refractivity contribution in [2.24, 2.45) is 0 Å². The zero-order valence-electron chi connectivity index (χ0n) is 12.1. The summed E-state index contributed by atoms with van der Waals surface area (Å²) in [5.74, 6) is -10.5. The molecule has 25 heavy (non-hydrogen) atoms. The van der Waals surface area contributed by atoms with Crippen LogP contribution in [0.2, 0.25) is 0 Å². The summed E-state index contributed by atoms with van der Waals surface area (Å²) < 4.78 is 67.3. The van der Waals surface area contributed by atoms with Crippen LogP contribution in [-0.4, -0.2) is 4.92 Å². The number of hydrogen-bond acceptors (Lipinski definition) is 3. The Kier molecular flexibility index (Phi) is 3.99. The highest BCUT2D eigenvalue weighted by molar-refractivity contribution is 6.00. The Balaban J connectivity index is 2.21. The molecule has 0 heterocycles. The number of nitro benzene ring substituents is 1. The van der Waals surface area contributed by atoms with Gasteiger partial charge in [-0.1, -0.05) is 18.2 Å². The van der Waals surface area contributed by atoms with E-state index in [0.717, 1.165) is 12.1 Å². The molecule has 3 aromatic rings. The summed E-state index contributed by atoms with van der Waals surface area (Å²) in [5.41, 5.74) is -1.56. The van der Waals surface area contributed by atoms with Crippen LogP contribution in [0.4, 0.5) is 39.0 Å². The van der Waals surface area contributed by atoms with E-state index in [1.807, 2.05) is 0 Å². The van der Waals surface area contributed by atoms with E-state index in [0.29, 0.717) is 0 Å². The van der Waals surface area contributed by atoms with E-state index in [4.69, 9.17) is 0 Å². The third-order valence-electron chi connectivity index (χ3n) is 3.57. The second-order valence-corrected chi connectivity index (χ2v) is 5.00. The number of fused-ring (bicyclic) bond motifs is 1. The molecule has 3 aromatic carbocycles. The van der Waals surface area contributed by atoms with E-state index in [1.165, 1.54) is 24.3 Å². The van der Waals surface area contributed by atoms with Gasteiger partial charge in [0, 0.05) is 17.1 Å². The van der Waals surface area contributed by atoms with E-state index < -0.39 is 39.7 Å². The lowest BCUT2D eigenvalue weighted by atomic mass is 10.1. The summed E-state index contributed by atoms with van der Waals surface area (Å²) >= 11 is 0. The third kappa shape index (κ3) is 2.63. The van der Waals surface area contributed by atoms with Gasteiger partial charge in [-0.2, -0.15) is 0 Å². The van der Waals surface area contributed by atoms with Crippen molar-refractivity contribution in [3.05, 3.63) is 75.6 Å². The molecule has 0 atom stereocenters. The van der Waals surface area contributed by atoms with E-state index in [-0.39, 0.29) is 22.1 Å². The minimum Gasteiger partial charge on any atom is -0.350 e. The first-order valence-corrected chi connectivity index (χ1v) is 6.77. The fourth-order valence-electron chi connectivity index (χ4n) is 2.40. The summed E-state index contributed by atoms with van der Waals surface area (Å²) in [6.07, 6.45) is 0. The predicted molar refractivity (Wildman–Crippen MR) is 80.1 cm³/mol. The maximum atomic E-state index is 13.8. The maximum Gasteiger partial charge on any atom is 0.277 e. The number of benzene rings is 3. The lowest BCUT2D eigenvalue weighted by Gasteiger charge is -2.13. The minimum absolute atomic E-state index is 0.0515. The molecule has 0 aliphatic heterocycles. The fourth-order valence-corrected chi connectivity index (χ4v) is 2.40. The zero-order chi connectivity index (χ0) is 18.3. The van der Waals surface area contributed by atoms with Gasteiger partial charge in [0.25, 0.3) is 5.69 Å². The van der Waals surface area contributed by atoms with Crippen LogP contribution in [-0.2, 0) is 0 Å². The van der Waals surface area contributed by atoms with Crippen molar-refractivity contribution in [2.45, 2.75) is 0 Å². The zero-order valence-corrected chi connectivity index (χ0v) is 12.1. The molecule has 0 saturated heterocycles. The molecule has 0 fully saturated rings. The van der Waals surface area contributed by atoms with Crippen LogP contribution in [0.5, 0.6) is 0 Å². The normalized spacial score (nSPS) is 10.9. The molecule has 1 N–H and O–H groups in total. The van der Waals surface area contributed by atoms with E-state index in [1.54, 1.807) is 0 Å². The average molecular weight is 354 g/mol. The summed E-state index contributed by atoms with van der Waals surface area (Å²) in [6.45, 7) is 0. The smallest absolute Gasteiger partial charge is 0.277 e. The van der Waals surface area contributed by atoms with Crippen LogP contribution in [0.3, 0.4) is 0 Å². The van der Waals surface area contributed by atoms with E-state index >= 15 is 0 Å². The van der Waals surface area contributed by atoms with Crippen LogP contribution in [0, 0.1) is 39.2 Å². The second-order valence-electron chi connectivity index (χ2n) is 5.00. The monoisotopic (exact) mass is 354 g/mol. The number of nitrogens with zero attached hydrogens (tertiary/aromatic N) is 1. The quantitative estimate of drug-likeness (QED) is 0.232. The molecule has 0 radical (unpaired) electrons. The molecule has 0 spiro atoms. The fraction of sp³-hybridized carbons (Fsp3) is 0. The highest BCUT2D eigenvalue weighted by Gasteiger charge is 2.26. The van der Waals surface area contributed by atoms with Gasteiger partial charge in [0.15, 0.2) is 23.3 Å². The number of nitrogens with one attached hydrogen (secondary N) is 1. The average Bonchev–Trinajstić information content (AvgIpc) is 2.61. The van der Waals surface area contributed by atoms with Crippen molar-refractivity contribution in [3.63, 3.8) is 0 Å². The molecule has 4 nitrogen and oxygen atoms in total. The highest BCUT2D eigenvalue weighted by Crippen LogP contribution is 2.35. The first-order chi connectivity index (χ1) is 11.8. The van der Waals surface area contributed by atoms with Crippen molar-refractivity contribution >= 4 is 27.8 Å². The maximum absolute atomic E-state index is 13.8. The Labute approximate surface area is 136 Å². The van der Waals surface area contributed by atoms with Gasteiger partial charge in [-0.25, -0.2) is 22.0 Å². The molecule has 0 amide bonds. The number of anilines is 2. The lowest BCUT2D eigenvalue weighted by Crippen LogP contribution is -2.07. The van der Waals surface area contributed by atoms with Gasteiger partial charge in [0.05, 0.1) is 10.3 Å². The largest absolute Gasteiger partial charge is 0.350 e. The van der Waals surface area contributed by atoms with Crippen molar-refractivity contribution in [1.82, 2.24) is 0 Å². The summed E-state index contributed by atoms with van der Waals surface area (Å²) in [7, 11) is 0. The molecule has 0 aromatic heterocycles. The molecule has 0 aliphatic rings. The van der Waals surface area contributed by atoms with Gasteiger partial charge in [-0.05, 0) is 12.1 Å². The summed E-state index contributed by atoms with van der Waals surface area (Å²) in [4.78, 5) is 10.4. The van der Waals surface area contributed by atoms with Crippen LogP contribution >= 0.6 is 0 Å². The lowest BCUT2D eigenvalue weighted by molar-refractivity contribution is -0.383. The molecule has 9 heteroatoms. The Morgan fingerprint density at radius 1 is 0.760 bits per heavy atom. The van der Waals surface area contributed by atoms with Gasteiger partial charge >= 0.3 is 0 Å². The topological polar surface area (TPSA) is 55.2 Å². The SMILES string of the molecule is O=[N+]([O-])c1ccc(Nc2c(F)c(F)c(F)c(F)c2F)c2ccccc12. The first-order valence-electron chi connectivity index (χ1n) is 6.77. The number of rotatable bonds is 3. The van der Waals surface area contributed by atoms with Gasteiger partial charge in [0.2, 0.25) is 5.82 Å². The predicted octanol–water partition coefficient (Wildman–Crippen LogP) is 5.19. The van der Waals surface area contributed by atoms with Crippen LogP contribution in [0.1, 0.15) is 0 Å². The van der Waals surface area contributed by atoms with Crippen molar-refractivity contribution in [3.8, 4) is 0 Å². The van der Waals surface area contributed by atoms with Crippen molar-refractivity contribution in [2.75, 3.05) is 5.32 Å². The Morgan fingerprint density at radius 2 is 1.28 bits per heavy atom. The summed E-state index contributed by atoms with van der Waals surface area (Å²) in [5, 5.41) is 13.5. The van der Waals surface area contributed by atoms with Crippen molar-refractivity contribution < 1.29 is 26.9 Å². The number of non-ortho nitro benzene ring substituents is 1. The number of nitro groups is 1. The third-order valence-corrected chi connectivity index (χ3v) is 3.57. The molecule has 0 bridgehead atoms. The van der Waals surface area contributed by atoms with Gasteiger partial charge < -0.3 is 5.32 Å². The molecule has 0 unspecified atom stereocenters. The Bertz CT molecular complexity index is 994. The van der Waals surface area contributed by atoms with E-state index in [2.05, 4.69) is 5.32 Å². The molecular formula is C16H7F5N2O2. The standard InChI is InChI=1S/C16H7F5N2O2/c17-11-12(18)14(20)16(15(21)13(11)19)22-9-5-6-10(23(24)25)8-4-2-1-3-7(8)9/h1-6,22H. The number of halogens is 5. The van der Waals surface area contributed by atoms with Gasteiger partial charge in [-0.15, -0.1) is 0 Å². The summed E-state index contributed by atoms with van der Waals surface area (Å²) in [6, 6.07) is 8.02. The Hall–Kier alpha value is -3.23. The molecule has 0 aliphatic carbocycles. The molecule has 128 valence electrons. The Morgan fingerprint density at radius 3 is 1.84 bits per heavy atom. The minimum atomic E-state index is -2.27. The first kappa shape index (κ1) is 16.6. The van der Waals surface area contributed by atoms with Gasteiger partial charge in [-0.3, -0.25) is 10.1 Å². The second kappa shape index (κ2) is 6.00.